The fourth-order valence-electron chi connectivity index (χ4n) is 6.07. The number of benzene rings is 2. The van der Waals surface area contributed by atoms with E-state index in [1.54, 1.807) is 18.2 Å². The molecular formula is C28H34N5O4S+. The Morgan fingerprint density at radius 3 is 2.61 bits per heavy atom. The highest BCUT2D eigenvalue weighted by Crippen LogP contribution is 2.37. The number of nitrogens with one attached hydrogen (secondary N) is 2. The first-order chi connectivity index (χ1) is 18.5. The predicted octanol–water partition coefficient (Wildman–Crippen LogP) is 3.69. The minimum absolute atomic E-state index is 0.197. The number of aliphatic hydroxyl groups excluding tert-OH is 1. The molecule has 2 aromatic carbocycles. The molecular weight excluding hydrogens is 502 g/mol. The zero-order valence-electron chi connectivity index (χ0n) is 21.3. The van der Waals surface area contributed by atoms with Crippen LogP contribution in [0.3, 0.4) is 0 Å². The number of fused-ring (bicyclic) bond motifs is 1. The molecule has 3 aromatic rings. The summed E-state index contributed by atoms with van der Waals surface area (Å²) in [5.41, 5.74) is 8.76. The van der Waals surface area contributed by atoms with Gasteiger partial charge in [0.05, 0.1) is 12.6 Å². The van der Waals surface area contributed by atoms with E-state index in [1.807, 2.05) is 0 Å². The number of quaternary nitrogens is 1. The Kier molecular flexibility index (Phi) is 6.96. The number of ketones is 1. The Hall–Kier alpha value is -3.18. The highest BCUT2D eigenvalue weighted by Gasteiger charge is 2.43. The van der Waals surface area contributed by atoms with Crippen molar-refractivity contribution in [2.24, 2.45) is 0 Å². The first-order valence-electron chi connectivity index (χ1n) is 13.4. The van der Waals surface area contributed by atoms with Crippen LogP contribution in [0.25, 0.3) is 0 Å². The summed E-state index contributed by atoms with van der Waals surface area (Å²) < 4.78 is 12.0. The first kappa shape index (κ1) is 25.1. The monoisotopic (exact) mass is 536 g/mol. The molecule has 9 nitrogen and oxygen atoms in total. The molecule has 38 heavy (non-hydrogen) atoms. The topological polar surface area (TPSA) is 119 Å². The van der Waals surface area contributed by atoms with Crippen molar-refractivity contribution in [3.05, 3.63) is 52.9 Å². The van der Waals surface area contributed by atoms with Crippen molar-refractivity contribution in [3.8, 4) is 11.5 Å². The Bertz CT molecular complexity index is 1310. The number of likely N-dealkylation sites (tertiary alicyclic amines) is 1. The van der Waals surface area contributed by atoms with Gasteiger partial charge in [0.1, 0.15) is 42.2 Å². The van der Waals surface area contributed by atoms with Crippen molar-refractivity contribution in [3.63, 3.8) is 0 Å². The molecule has 3 aliphatic heterocycles. The number of anilines is 3. The van der Waals surface area contributed by atoms with Crippen LogP contribution in [0, 0.1) is 0 Å². The van der Waals surface area contributed by atoms with Crippen LogP contribution in [0.4, 0.5) is 22.3 Å². The molecule has 6 rings (SSSR count). The van der Waals surface area contributed by atoms with Crippen LogP contribution in [0.1, 0.15) is 40.9 Å². The molecule has 5 N–H and O–H groups in total. The number of aromatic nitrogens is 1. The van der Waals surface area contributed by atoms with Crippen LogP contribution in [0.15, 0.2) is 42.5 Å². The van der Waals surface area contributed by atoms with E-state index in [2.05, 4.69) is 39.9 Å². The molecule has 4 heterocycles. The molecule has 1 aromatic heterocycles. The molecule has 2 saturated heterocycles. The fraction of sp³-hybridized carbons (Fsp3) is 0.429. The molecule has 10 heteroatoms. The lowest BCUT2D eigenvalue weighted by atomic mass is 9.94. The molecule has 0 spiro atoms. The molecule has 0 radical (unpaired) electrons. The molecule has 2 unspecified atom stereocenters. The molecule has 0 amide bonds. The number of thiazole rings is 1. The van der Waals surface area contributed by atoms with Crippen LogP contribution in [0.5, 0.6) is 11.5 Å². The lowest BCUT2D eigenvalue weighted by Crippen LogP contribution is -2.64. The maximum atomic E-state index is 13.2. The summed E-state index contributed by atoms with van der Waals surface area (Å²) in [4.78, 5) is 18.0. The number of nitrogen functional groups attached to an aromatic ring is 1. The quantitative estimate of drug-likeness (QED) is 0.278. The molecule has 0 aliphatic carbocycles. The van der Waals surface area contributed by atoms with Gasteiger partial charge in [0.15, 0.2) is 16.6 Å². The number of aliphatic hydroxyl groups is 1. The number of rotatable bonds is 6. The molecule has 2 fully saturated rings. The van der Waals surface area contributed by atoms with Gasteiger partial charge in [0.2, 0.25) is 5.78 Å². The summed E-state index contributed by atoms with van der Waals surface area (Å²) in [6, 6.07) is 14.1. The molecule has 2 atom stereocenters. The van der Waals surface area contributed by atoms with Crippen LogP contribution in [0.2, 0.25) is 0 Å². The van der Waals surface area contributed by atoms with E-state index in [9.17, 15) is 9.90 Å². The van der Waals surface area contributed by atoms with Gasteiger partial charge in [-0.3, -0.25) is 9.28 Å². The predicted molar refractivity (Wildman–Crippen MR) is 150 cm³/mol. The van der Waals surface area contributed by atoms with Crippen molar-refractivity contribution in [2.45, 2.75) is 37.8 Å². The van der Waals surface area contributed by atoms with E-state index in [1.165, 1.54) is 17.0 Å². The van der Waals surface area contributed by atoms with Crippen molar-refractivity contribution < 1.29 is 19.4 Å². The number of hydrogen-bond acceptors (Lipinski definition) is 9. The van der Waals surface area contributed by atoms with Crippen molar-refractivity contribution in [2.75, 3.05) is 50.4 Å². The smallest absolute Gasteiger partial charge is 0.206 e. The molecule has 0 saturated carbocycles. The molecule has 200 valence electrons. The fourth-order valence-corrected chi connectivity index (χ4v) is 6.94. The molecule has 3 aliphatic rings. The number of nitrogens with two attached hydrogens (primary N) is 1. The third kappa shape index (κ3) is 4.84. The lowest BCUT2D eigenvalue weighted by Gasteiger charge is -2.49. The number of piperidine rings is 2. The average molecular weight is 537 g/mol. The molecule has 0 bridgehead atoms. The maximum Gasteiger partial charge on any atom is 0.206 e. The van der Waals surface area contributed by atoms with Gasteiger partial charge in [0, 0.05) is 49.3 Å². The standard InChI is InChI=1S/C28H33N5O4S/c29-27-26(25(35)18-3-8-23-24(16-18)37-15-14-36-23)38-28(32-27)31-19-4-6-20(7-5-19)33(13-1-2-22(34)17-33)21-9-11-30-12-10-21/h3-8,16,21-22,30,34H,1-2,9-15,17H2,(H2-,29,31,32,35)/p+1. The van der Waals surface area contributed by atoms with Gasteiger partial charge < -0.3 is 30.9 Å². The SMILES string of the molecule is Nc1nc(Nc2ccc([N+]3(C4CCNCC4)CCCC(O)C3)cc2)sc1C(=O)c1ccc2c(c1)OCCO2. The summed E-state index contributed by atoms with van der Waals surface area (Å²) >= 11 is 1.24. The van der Waals surface area contributed by atoms with E-state index >= 15 is 0 Å². The highest BCUT2D eigenvalue weighted by molar-refractivity contribution is 7.18. The van der Waals surface area contributed by atoms with Crippen molar-refractivity contribution >= 4 is 39.4 Å². The second kappa shape index (κ2) is 10.5. The third-order valence-electron chi connectivity index (χ3n) is 7.94. The maximum absolute atomic E-state index is 13.2. The first-order valence-corrected chi connectivity index (χ1v) is 14.2. The van der Waals surface area contributed by atoms with E-state index < -0.39 is 0 Å². The Morgan fingerprint density at radius 2 is 1.84 bits per heavy atom. The number of ether oxygens (including phenoxy) is 2. The van der Waals surface area contributed by atoms with E-state index in [4.69, 9.17) is 15.2 Å². The third-order valence-corrected chi connectivity index (χ3v) is 8.92. The van der Waals surface area contributed by atoms with Crippen molar-refractivity contribution in [1.82, 2.24) is 14.8 Å². The van der Waals surface area contributed by atoms with Gasteiger partial charge >= 0.3 is 0 Å². The van der Waals surface area contributed by atoms with E-state index in [0.717, 1.165) is 62.0 Å². The van der Waals surface area contributed by atoms with Crippen LogP contribution in [-0.4, -0.2) is 67.4 Å². The Labute approximate surface area is 226 Å². The second-order valence-corrected chi connectivity index (χ2v) is 11.3. The van der Waals surface area contributed by atoms with Gasteiger partial charge in [-0.1, -0.05) is 11.3 Å². The number of carbonyl (C=O) groups excluding carboxylic acids is 1. The highest BCUT2D eigenvalue weighted by atomic mass is 32.1. The zero-order chi connectivity index (χ0) is 26.1. The summed E-state index contributed by atoms with van der Waals surface area (Å²) in [6.45, 7) is 4.84. The van der Waals surface area contributed by atoms with Gasteiger partial charge in [-0.05, 0) is 43.2 Å². The van der Waals surface area contributed by atoms with E-state index in [-0.39, 0.29) is 17.7 Å². The Balaban J connectivity index is 1.20. The summed E-state index contributed by atoms with van der Waals surface area (Å²) in [7, 11) is 0. The number of nitrogens with zero attached hydrogens (tertiary/aromatic N) is 2. The zero-order valence-corrected chi connectivity index (χ0v) is 22.1. The second-order valence-electron chi connectivity index (χ2n) is 10.3. The Morgan fingerprint density at radius 1 is 1.08 bits per heavy atom. The summed E-state index contributed by atoms with van der Waals surface area (Å²) in [5, 5.41) is 17.9. The van der Waals surface area contributed by atoms with Gasteiger partial charge in [-0.2, -0.15) is 0 Å². The summed E-state index contributed by atoms with van der Waals surface area (Å²) in [5.74, 6) is 1.21. The van der Waals surface area contributed by atoms with Crippen molar-refractivity contribution in [1.29, 1.82) is 0 Å². The van der Waals surface area contributed by atoms with Crippen LogP contribution in [-0.2, 0) is 0 Å². The lowest BCUT2D eigenvalue weighted by molar-refractivity contribution is 0.0418. The number of carbonyl (C=O) groups is 1. The minimum Gasteiger partial charge on any atom is -0.486 e. The van der Waals surface area contributed by atoms with Crippen LogP contribution >= 0.6 is 11.3 Å². The van der Waals surface area contributed by atoms with Gasteiger partial charge in [-0.25, -0.2) is 4.98 Å². The number of hydrogen-bond donors (Lipinski definition) is 4. The normalized spacial score (nSPS) is 23.7. The van der Waals surface area contributed by atoms with E-state index in [0.29, 0.717) is 46.3 Å². The van der Waals surface area contributed by atoms with Crippen LogP contribution < -0.4 is 30.3 Å². The minimum atomic E-state index is -0.264. The average Bonchev–Trinajstić information content (AvgIpc) is 3.32. The van der Waals surface area contributed by atoms with Gasteiger partial charge in [-0.15, -0.1) is 0 Å². The van der Waals surface area contributed by atoms with Gasteiger partial charge in [0.25, 0.3) is 0 Å². The largest absolute Gasteiger partial charge is 0.486 e. The summed E-state index contributed by atoms with van der Waals surface area (Å²) in [6.07, 6.45) is 3.88.